The van der Waals surface area contributed by atoms with E-state index in [1.165, 1.54) is 32.7 Å². The van der Waals surface area contributed by atoms with Crippen molar-refractivity contribution in [3.63, 3.8) is 0 Å². The number of hydrogen-bond donors (Lipinski definition) is 0. The molecule has 0 fully saturated rings. The van der Waals surface area contributed by atoms with Crippen LogP contribution in [0.1, 0.15) is 26.7 Å². The Bertz CT molecular complexity index is 705. The summed E-state index contributed by atoms with van der Waals surface area (Å²) in [5.41, 5.74) is 5.69. The van der Waals surface area contributed by atoms with Gasteiger partial charge in [0, 0.05) is 0 Å². The number of rotatable bonds is 2. The summed E-state index contributed by atoms with van der Waals surface area (Å²) in [5, 5.41) is 2.81. The van der Waals surface area contributed by atoms with Gasteiger partial charge in [-0.05, 0) is 45.5 Å². The van der Waals surface area contributed by atoms with Crippen LogP contribution in [0.4, 0.5) is 0 Å². The van der Waals surface area contributed by atoms with Gasteiger partial charge in [0.15, 0.2) is 0 Å². The molecule has 0 aromatic heterocycles. The fourth-order valence-corrected chi connectivity index (χ4v) is 2.85. The van der Waals surface area contributed by atoms with Crippen molar-refractivity contribution in [1.29, 1.82) is 0 Å². The number of benzene rings is 2. The van der Waals surface area contributed by atoms with Crippen molar-refractivity contribution in [3.8, 4) is 22.3 Å². The Balaban J connectivity index is 2.34. The summed E-state index contributed by atoms with van der Waals surface area (Å²) < 4.78 is 0. The standard InChI is InChI=1S/C18H18/c1-3-7-13-11-12-17-15-9-5-6-10-16(15)18(17)14(13)8-4-2/h5-12H,3-4H2,1-2H3. The first kappa shape index (κ1) is 11.3. The van der Waals surface area contributed by atoms with E-state index in [2.05, 4.69) is 62.4 Å². The molecule has 0 atom stereocenters. The van der Waals surface area contributed by atoms with Crippen LogP contribution in [0.2, 0.25) is 0 Å². The SMILES string of the molecule is CCC=c1ccc2c(c1=CCC)-c1ccccc1-2. The zero-order chi connectivity index (χ0) is 12.5. The van der Waals surface area contributed by atoms with Gasteiger partial charge in [-0.25, -0.2) is 0 Å². The van der Waals surface area contributed by atoms with E-state index < -0.39 is 0 Å². The molecular formula is C18H18. The van der Waals surface area contributed by atoms with Crippen molar-refractivity contribution in [2.24, 2.45) is 0 Å². The molecule has 1 aliphatic carbocycles. The molecule has 0 amide bonds. The zero-order valence-electron chi connectivity index (χ0n) is 11.0. The minimum Gasteiger partial charge on any atom is -0.0769 e. The third-order valence-corrected chi connectivity index (χ3v) is 3.60. The summed E-state index contributed by atoms with van der Waals surface area (Å²) in [5.74, 6) is 0. The van der Waals surface area contributed by atoms with Crippen LogP contribution in [0.25, 0.3) is 34.4 Å². The van der Waals surface area contributed by atoms with Gasteiger partial charge < -0.3 is 0 Å². The third kappa shape index (κ3) is 1.53. The van der Waals surface area contributed by atoms with Crippen LogP contribution in [0, 0.1) is 0 Å². The smallest absolute Gasteiger partial charge is 0.00237 e. The molecule has 0 unspecified atom stereocenters. The largest absolute Gasteiger partial charge is 0.0769 e. The highest BCUT2D eigenvalue weighted by Crippen LogP contribution is 2.43. The molecule has 90 valence electrons. The van der Waals surface area contributed by atoms with E-state index in [0.29, 0.717) is 0 Å². The van der Waals surface area contributed by atoms with Gasteiger partial charge in [-0.1, -0.05) is 62.4 Å². The maximum absolute atomic E-state index is 2.36. The third-order valence-electron chi connectivity index (χ3n) is 3.60. The van der Waals surface area contributed by atoms with Crippen LogP contribution < -0.4 is 10.4 Å². The average molecular weight is 234 g/mol. The summed E-state index contributed by atoms with van der Waals surface area (Å²) >= 11 is 0. The molecule has 0 bridgehead atoms. The molecule has 0 aliphatic heterocycles. The van der Waals surface area contributed by atoms with Crippen molar-refractivity contribution in [3.05, 3.63) is 46.8 Å². The van der Waals surface area contributed by atoms with Crippen LogP contribution in [0.3, 0.4) is 0 Å². The molecule has 2 aromatic rings. The summed E-state index contributed by atoms with van der Waals surface area (Å²) in [7, 11) is 0. The monoisotopic (exact) mass is 234 g/mol. The molecule has 1 aliphatic rings. The van der Waals surface area contributed by atoms with Crippen molar-refractivity contribution in [2.75, 3.05) is 0 Å². The van der Waals surface area contributed by atoms with E-state index in [0.717, 1.165) is 12.8 Å². The molecule has 0 heterocycles. The van der Waals surface area contributed by atoms with E-state index >= 15 is 0 Å². The van der Waals surface area contributed by atoms with Crippen LogP contribution in [-0.4, -0.2) is 0 Å². The van der Waals surface area contributed by atoms with E-state index in [1.54, 1.807) is 0 Å². The number of hydrogen-bond acceptors (Lipinski definition) is 0. The van der Waals surface area contributed by atoms with Gasteiger partial charge in [-0.15, -0.1) is 0 Å². The molecule has 0 saturated carbocycles. The lowest BCUT2D eigenvalue weighted by atomic mass is 9.79. The highest BCUT2D eigenvalue weighted by atomic mass is 14.2. The maximum atomic E-state index is 2.36. The van der Waals surface area contributed by atoms with Gasteiger partial charge in [0.05, 0.1) is 0 Å². The summed E-state index contributed by atoms with van der Waals surface area (Å²) in [6.45, 7) is 4.41. The number of fused-ring (bicyclic) bond motifs is 4. The fourth-order valence-electron chi connectivity index (χ4n) is 2.85. The Morgan fingerprint density at radius 3 is 2.22 bits per heavy atom. The van der Waals surface area contributed by atoms with E-state index in [4.69, 9.17) is 0 Å². The van der Waals surface area contributed by atoms with Gasteiger partial charge >= 0.3 is 0 Å². The molecule has 0 radical (unpaired) electrons. The van der Waals surface area contributed by atoms with Crippen LogP contribution in [0.15, 0.2) is 36.4 Å². The minimum absolute atomic E-state index is 1.09. The van der Waals surface area contributed by atoms with Gasteiger partial charge in [0.2, 0.25) is 0 Å². The Kier molecular flexibility index (Phi) is 2.79. The summed E-state index contributed by atoms with van der Waals surface area (Å²) in [6, 6.07) is 13.2. The second kappa shape index (κ2) is 4.45. The molecule has 18 heavy (non-hydrogen) atoms. The van der Waals surface area contributed by atoms with Gasteiger partial charge in [0.1, 0.15) is 0 Å². The lowest BCUT2D eigenvalue weighted by Crippen LogP contribution is -2.29. The highest BCUT2D eigenvalue weighted by Gasteiger charge is 2.22. The quantitative estimate of drug-likeness (QED) is 0.634. The summed E-state index contributed by atoms with van der Waals surface area (Å²) in [4.78, 5) is 0. The van der Waals surface area contributed by atoms with Crippen molar-refractivity contribution < 1.29 is 0 Å². The van der Waals surface area contributed by atoms with Gasteiger partial charge in [-0.2, -0.15) is 0 Å². The Morgan fingerprint density at radius 1 is 0.778 bits per heavy atom. The average Bonchev–Trinajstić information content (AvgIpc) is 2.38. The lowest BCUT2D eigenvalue weighted by Gasteiger charge is -2.24. The van der Waals surface area contributed by atoms with Crippen LogP contribution in [0.5, 0.6) is 0 Å². The first-order valence-electron chi connectivity index (χ1n) is 6.80. The molecule has 0 N–H and O–H groups in total. The lowest BCUT2D eigenvalue weighted by molar-refractivity contribution is 1.25. The Morgan fingerprint density at radius 2 is 1.50 bits per heavy atom. The fraction of sp³-hybridized carbons (Fsp3) is 0.222. The summed E-state index contributed by atoms with van der Waals surface area (Å²) in [6.07, 6.45) is 6.85. The molecule has 0 heteroatoms. The highest BCUT2D eigenvalue weighted by molar-refractivity contribution is 6.02. The van der Waals surface area contributed by atoms with Crippen LogP contribution in [-0.2, 0) is 0 Å². The first-order chi connectivity index (χ1) is 8.86. The predicted octanol–water partition coefficient (Wildman–Crippen LogP) is 3.72. The molecule has 0 saturated heterocycles. The van der Waals surface area contributed by atoms with Crippen LogP contribution >= 0.6 is 0 Å². The Hall–Kier alpha value is -1.82. The molecule has 2 aromatic carbocycles. The molecular weight excluding hydrogens is 216 g/mol. The van der Waals surface area contributed by atoms with E-state index in [-0.39, 0.29) is 0 Å². The second-order valence-corrected chi connectivity index (χ2v) is 4.76. The topological polar surface area (TPSA) is 0 Å². The Labute approximate surface area is 108 Å². The second-order valence-electron chi connectivity index (χ2n) is 4.76. The molecule has 0 nitrogen and oxygen atoms in total. The minimum atomic E-state index is 1.09. The van der Waals surface area contributed by atoms with Gasteiger partial charge in [-0.3, -0.25) is 0 Å². The van der Waals surface area contributed by atoms with Crippen molar-refractivity contribution in [1.82, 2.24) is 0 Å². The predicted molar refractivity (Wildman–Crippen MR) is 79.6 cm³/mol. The van der Waals surface area contributed by atoms with Gasteiger partial charge in [0.25, 0.3) is 0 Å². The molecule has 3 rings (SSSR count). The molecule has 0 spiro atoms. The van der Waals surface area contributed by atoms with Crippen molar-refractivity contribution >= 4 is 12.2 Å². The first-order valence-corrected chi connectivity index (χ1v) is 6.80. The zero-order valence-corrected chi connectivity index (χ0v) is 11.0. The van der Waals surface area contributed by atoms with E-state index in [9.17, 15) is 0 Å². The maximum Gasteiger partial charge on any atom is -0.00237 e. The van der Waals surface area contributed by atoms with Crippen molar-refractivity contribution in [2.45, 2.75) is 26.7 Å². The normalized spacial score (nSPS) is 14.1. The van der Waals surface area contributed by atoms with E-state index in [1.807, 2.05) is 0 Å².